The molecule has 0 aromatic carbocycles. The van der Waals surface area contributed by atoms with Crippen LogP contribution in [0.2, 0.25) is 0 Å². The van der Waals surface area contributed by atoms with Gasteiger partial charge in [-0.2, -0.15) is 0 Å². The minimum Gasteiger partial charge on any atom is -0.389 e. The van der Waals surface area contributed by atoms with Gasteiger partial charge in [0.25, 0.3) is 0 Å². The van der Waals surface area contributed by atoms with E-state index in [2.05, 4.69) is 6.92 Å². The summed E-state index contributed by atoms with van der Waals surface area (Å²) in [5.74, 6) is 0. The molecule has 0 saturated heterocycles. The van der Waals surface area contributed by atoms with Crippen molar-refractivity contribution in [3.8, 4) is 0 Å². The van der Waals surface area contributed by atoms with Crippen molar-refractivity contribution in [3.63, 3.8) is 0 Å². The van der Waals surface area contributed by atoms with Crippen molar-refractivity contribution in [1.29, 1.82) is 0 Å². The first-order valence-corrected chi connectivity index (χ1v) is 5.91. The zero-order chi connectivity index (χ0) is 11.5. The van der Waals surface area contributed by atoms with Crippen LogP contribution in [-0.4, -0.2) is 22.4 Å². The van der Waals surface area contributed by atoms with Gasteiger partial charge in [-0.3, -0.25) is 0 Å². The minimum atomic E-state index is -0.369. The van der Waals surface area contributed by atoms with E-state index in [1.54, 1.807) is 24.3 Å². The molecule has 0 aromatic heterocycles. The van der Waals surface area contributed by atoms with Crippen LogP contribution in [0.1, 0.15) is 46.0 Å². The molecule has 0 rings (SSSR count). The lowest BCUT2D eigenvalue weighted by Crippen LogP contribution is -2.01. The van der Waals surface area contributed by atoms with Gasteiger partial charge in [0.1, 0.15) is 0 Å². The molecule has 0 aromatic rings. The Kier molecular flexibility index (Phi) is 9.54. The summed E-state index contributed by atoms with van der Waals surface area (Å²) in [5.41, 5.74) is 0. The van der Waals surface area contributed by atoms with Crippen LogP contribution < -0.4 is 0 Å². The minimum absolute atomic E-state index is 0.347. The van der Waals surface area contributed by atoms with Gasteiger partial charge in [0.05, 0.1) is 12.2 Å². The van der Waals surface area contributed by atoms with Crippen LogP contribution >= 0.6 is 0 Å². The number of rotatable bonds is 8. The normalized spacial score (nSPS) is 16.3. The Morgan fingerprint density at radius 3 is 2.07 bits per heavy atom. The summed E-state index contributed by atoms with van der Waals surface area (Å²) in [6, 6.07) is 0. The number of unbranched alkanes of at least 4 members (excludes halogenated alkanes) is 2. The van der Waals surface area contributed by atoms with Crippen LogP contribution in [0.4, 0.5) is 0 Å². The van der Waals surface area contributed by atoms with Crippen LogP contribution in [-0.2, 0) is 0 Å². The lowest BCUT2D eigenvalue weighted by molar-refractivity contribution is 0.208. The van der Waals surface area contributed by atoms with Crippen LogP contribution in [0.5, 0.6) is 0 Å². The maximum Gasteiger partial charge on any atom is 0.0723 e. The third-order valence-corrected chi connectivity index (χ3v) is 2.30. The Morgan fingerprint density at radius 1 is 0.933 bits per heavy atom. The van der Waals surface area contributed by atoms with Crippen molar-refractivity contribution in [3.05, 3.63) is 24.3 Å². The van der Waals surface area contributed by atoms with Gasteiger partial charge >= 0.3 is 0 Å². The molecule has 15 heavy (non-hydrogen) atoms. The molecule has 88 valence electrons. The topological polar surface area (TPSA) is 40.5 Å². The maximum atomic E-state index is 9.52. The number of aliphatic hydroxyl groups excluding tert-OH is 2. The summed E-state index contributed by atoms with van der Waals surface area (Å²) in [6.45, 7) is 4.08. The highest BCUT2D eigenvalue weighted by molar-refractivity contribution is 5.06. The molecule has 0 aliphatic heterocycles. The highest BCUT2D eigenvalue weighted by Gasteiger charge is 1.96. The molecule has 0 spiro atoms. The Bertz CT molecular complexity index is 185. The SMILES string of the molecule is CCCCCC(O)C=CC=CC(O)CC. The van der Waals surface area contributed by atoms with Gasteiger partial charge in [-0.05, 0) is 12.8 Å². The maximum absolute atomic E-state index is 9.52. The summed E-state index contributed by atoms with van der Waals surface area (Å²) >= 11 is 0. The molecule has 0 radical (unpaired) electrons. The van der Waals surface area contributed by atoms with E-state index in [1.807, 2.05) is 6.92 Å². The van der Waals surface area contributed by atoms with Gasteiger partial charge in [0.2, 0.25) is 0 Å². The fraction of sp³-hybridized carbons (Fsp3) is 0.692. The molecule has 0 aliphatic rings. The van der Waals surface area contributed by atoms with Crippen LogP contribution in [0.25, 0.3) is 0 Å². The highest BCUT2D eigenvalue weighted by Crippen LogP contribution is 2.04. The van der Waals surface area contributed by atoms with E-state index in [9.17, 15) is 10.2 Å². The van der Waals surface area contributed by atoms with Gasteiger partial charge in [-0.1, -0.05) is 57.4 Å². The second kappa shape index (κ2) is 9.94. The van der Waals surface area contributed by atoms with E-state index in [4.69, 9.17) is 0 Å². The summed E-state index contributed by atoms with van der Waals surface area (Å²) in [4.78, 5) is 0. The van der Waals surface area contributed by atoms with Crippen molar-refractivity contribution in [2.45, 2.75) is 58.2 Å². The zero-order valence-corrected chi connectivity index (χ0v) is 9.89. The molecule has 0 fully saturated rings. The van der Waals surface area contributed by atoms with Gasteiger partial charge in [0, 0.05) is 0 Å². The quantitative estimate of drug-likeness (QED) is 0.480. The third-order valence-electron chi connectivity index (χ3n) is 2.30. The molecule has 0 heterocycles. The van der Waals surface area contributed by atoms with E-state index in [0.29, 0.717) is 0 Å². The third kappa shape index (κ3) is 9.70. The molecular weight excluding hydrogens is 188 g/mol. The summed E-state index contributed by atoms with van der Waals surface area (Å²) in [7, 11) is 0. The van der Waals surface area contributed by atoms with Crippen LogP contribution in [0.15, 0.2) is 24.3 Å². The Balaban J connectivity index is 3.61. The standard InChI is InChI=1S/C13H24O2/c1-3-5-6-10-13(15)11-8-7-9-12(14)4-2/h7-9,11-15H,3-6,10H2,1-2H3. The fourth-order valence-corrected chi connectivity index (χ4v) is 1.22. The average molecular weight is 212 g/mol. The number of aliphatic hydroxyl groups is 2. The molecule has 0 aliphatic carbocycles. The second-order valence-corrected chi connectivity index (χ2v) is 3.81. The molecule has 2 heteroatoms. The van der Waals surface area contributed by atoms with Gasteiger partial charge in [-0.25, -0.2) is 0 Å². The molecule has 2 nitrogen and oxygen atoms in total. The molecular formula is C13H24O2. The van der Waals surface area contributed by atoms with Gasteiger partial charge in [0.15, 0.2) is 0 Å². The van der Waals surface area contributed by atoms with Gasteiger partial charge in [-0.15, -0.1) is 0 Å². The first-order chi connectivity index (χ1) is 7.20. The Hall–Kier alpha value is -0.600. The average Bonchev–Trinajstić information content (AvgIpc) is 2.24. The van der Waals surface area contributed by atoms with Gasteiger partial charge < -0.3 is 10.2 Å². The van der Waals surface area contributed by atoms with Crippen LogP contribution in [0.3, 0.4) is 0 Å². The van der Waals surface area contributed by atoms with E-state index in [-0.39, 0.29) is 12.2 Å². The van der Waals surface area contributed by atoms with Crippen LogP contribution in [0, 0.1) is 0 Å². The van der Waals surface area contributed by atoms with E-state index in [0.717, 1.165) is 19.3 Å². The summed E-state index contributed by atoms with van der Waals surface area (Å²) in [6.07, 6.45) is 11.4. The lowest BCUT2D eigenvalue weighted by Gasteiger charge is -2.03. The molecule has 2 N–H and O–H groups in total. The first kappa shape index (κ1) is 14.4. The van der Waals surface area contributed by atoms with E-state index < -0.39 is 0 Å². The first-order valence-electron chi connectivity index (χ1n) is 5.91. The Morgan fingerprint density at radius 2 is 1.53 bits per heavy atom. The lowest BCUT2D eigenvalue weighted by atomic mass is 10.1. The predicted octanol–water partition coefficient (Wildman–Crippen LogP) is 2.81. The van der Waals surface area contributed by atoms with Crippen molar-refractivity contribution < 1.29 is 10.2 Å². The summed E-state index contributed by atoms with van der Waals surface area (Å²) in [5, 5.41) is 18.7. The molecule has 0 bridgehead atoms. The number of hydrogen-bond acceptors (Lipinski definition) is 2. The smallest absolute Gasteiger partial charge is 0.0723 e. The van der Waals surface area contributed by atoms with E-state index in [1.165, 1.54) is 12.8 Å². The second-order valence-electron chi connectivity index (χ2n) is 3.81. The van der Waals surface area contributed by atoms with Crippen molar-refractivity contribution >= 4 is 0 Å². The zero-order valence-electron chi connectivity index (χ0n) is 9.89. The number of allylic oxidation sites excluding steroid dienone is 2. The molecule has 2 unspecified atom stereocenters. The molecule has 2 atom stereocenters. The Labute approximate surface area is 93.3 Å². The largest absolute Gasteiger partial charge is 0.389 e. The van der Waals surface area contributed by atoms with Crippen molar-refractivity contribution in [1.82, 2.24) is 0 Å². The highest BCUT2D eigenvalue weighted by atomic mass is 16.3. The monoisotopic (exact) mass is 212 g/mol. The van der Waals surface area contributed by atoms with Crippen molar-refractivity contribution in [2.24, 2.45) is 0 Å². The molecule has 0 amide bonds. The predicted molar refractivity (Wildman–Crippen MR) is 64.7 cm³/mol. The summed E-state index contributed by atoms with van der Waals surface area (Å²) < 4.78 is 0. The fourth-order valence-electron chi connectivity index (χ4n) is 1.22. The van der Waals surface area contributed by atoms with E-state index >= 15 is 0 Å². The van der Waals surface area contributed by atoms with Crippen molar-refractivity contribution in [2.75, 3.05) is 0 Å². The molecule has 0 saturated carbocycles. The number of hydrogen-bond donors (Lipinski definition) is 2.